The van der Waals surface area contributed by atoms with Crippen molar-refractivity contribution in [2.75, 3.05) is 38.8 Å². The topological polar surface area (TPSA) is 65.5 Å². The maximum atomic E-state index is 5.76. The van der Waals surface area contributed by atoms with Gasteiger partial charge < -0.3 is 19.5 Å². The third-order valence-corrected chi connectivity index (χ3v) is 3.33. The number of nitrogens with zero attached hydrogens (tertiary/aromatic N) is 2. The highest BCUT2D eigenvalue weighted by atomic mass is 16.5. The minimum atomic E-state index is -0.0119. The minimum Gasteiger partial charge on any atom is -0.477 e. The molecule has 2 heterocycles. The van der Waals surface area contributed by atoms with Crippen LogP contribution in [0.1, 0.15) is 45.0 Å². The smallest absolute Gasteiger partial charge is 0.218 e. The Morgan fingerprint density at radius 3 is 2.95 bits per heavy atom. The lowest BCUT2D eigenvalue weighted by Crippen LogP contribution is -2.12. The largest absolute Gasteiger partial charge is 0.477 e. The summed E-state index contributed by atoms with van der Waals surface area (Å²) < 4.78 is 16.5. The van der Waals surface area contributed by atoms with Crippen molar-refractivity contribution >= 4 is 5.82 Å². The van der Waals surface area contributed by atoms with E-state index in [9.17, 15) is 0 Å². The third kappa shape index (κ3) is 5.42. The second kappa shape index (κ2) is 8.90. The number of rotatable bonds is 9. The quantitative estimate of drug-likeness (QED) is 0.708. The average Bonchev–Trinajstić information content (AvgIpc) is 3.04. The van der Waals surface area contributed by atoms with Crippen LogP contribution in [0, 0.1) is 5.92 Å². The molecule has 2 rings (SSSR count). The fraction of sp³-hybridized carbons (Fsp3) is 0.750. The summed E-state index contributed by atoms with van der Waals surface area (Å²) in [4.78, 5) is 9.08. The summed E-state index contributed by atoms with van der Waals surface area (Å²) in [7, 11) is 1.71. The molecule has 1 atom stereocenters. The molecule has 0 radical (unpaired) electrons. The molecule has 1 unspecified atom stereocenters. The standard InChI is InChI=1S/C16H27N3O3/c1-12(2)11-22-15-10-14(17-7-5-8-20-3)18-16(19-15)13-6-4-9-21-13/h10,12-13H,4-9,11H2,1-3H3,(H,17,18,19). The van der Waals surface area contributed by atoms with Gasteiger partial charge in [-0.2, -0.15) is 4.98 Å². The molecule has 1 fully saturated rings. The van der Waals surface area contributed by atoms with E-state index in [1.165, 1.54) is 0 Å². The molecule has 1 saturated heterocycles. The third-order valence-electron chi connectivity index (χ3n) is 3.33. The lowest BCUT2D eigenvalue weighted by atomic mass is 10.2. The van der Waals surface area contributed by atoms with E-state index in [4.69, 9.17) is 14.2 Å². The van der Waals surface area contributed by atoms with Crippen LogP contribution in [0.5, 0.6) is 5.88 Å². The molecule has 1 N–H and O–H groups in total. The second-order valence-electron chi connectivity index (χ2n) is 5.93. The van der Waals surface area contributed by atoms with E-state index in [-0.39, 0.29) is 6.10 Å². The zero-order chi connectivity index (χ0) is 15.8. The van der Waals surface area contributed by atoms with Crippen molar-refractivity contribution in [1.82, 2.24) is 9.97 Å². The Hall–Kier alpha value is -1.40. The average molecular weight is 309 g/mol. The van der Waals surface area contributed by atoms with E-state index in [2.05, 4.69) is 29.1 Å². The maximum Gasteiger partial charge on any atom is 0.218 e. The van der Waals surface area contributed by atoms with Gasteiger partial charge in [-0.05, 0) is 25.2 Å². The molecule has 6 heteroatoms. The highest BCUT2D eigenvalue weighted by molar-refractivity contribution is 5.38. The summed E-state index contributed by atoms with van der Waals surface area (Å²) in [6.07, 6.45) is 2.94. The van der Waals surface area contributed by atoms with Crippen LogP contribution in [0.25, 0.3) is 0 Å². The molecule has 1 aromatic rings. The van der Waals surface area contributed by atoms with Gasteiger partial charge in [0.15, 0.2) is 5.82 Å². The van der Waals surface area contributed by atoms with Crippen LogP contribution in [0.2, 0.25) is 0 Å². The summed E-state index contributed by atoms with van der Waals surface area (Å²) in [5.74, 6) is 2.58. The monoisotopic (exact) mass is 309 g/mol. The number of hydrogen-bond donors (Lipinski definition) is 1. The molecule has 6 nitrogen and oxygen atoms in total. The zero-order valence-corrected chi connectivity index (χ0v) is 13.8. The number of ether oxygens (including phenoxy) is 3. The Morgan fingerprint density at radius 1 is 1.41 bits per heavy atom. The van der Waals surface area contributed by atoms with Crippen LogP contribution >= 0.6 is 0 Å². The van der Waals surface area contributed by atoms with Crippen molar-refractivity contribution in [2.45, 2.75) is 39.2 Å². The molecule has 22 heavy (non-hydrogen) atoms. The SMILES string of the molecule is COCCCNc1cc(OCC(C)C)nc(C2CCCO2)n1. The Kier molecular flexibility index (Phi) is 6.86. The highest BCUT2D eigenvalue weighted by Gasteiger charge is 2.22. The summed E-state index contributed by atoms with van der Waals surface area (Å²) in [5.41, 5.74) is 0. The van der Waals surface area contributed by atoms with Crippen LogP contribution in [-0.2, 0) is 9.47 Å². The highest BCUT2D eigenvalue weighted by Crippen LogP contribution is 2.28. The Morgan fingerprint density at radius 2 is 2.27 bits per heavy atom. The summed E-state index contributed by atoms with van der Waals surface area (Å²) in [6, 6.07) is 1.85. The lowest BCUT2D eigenvalue weighted by molar-refractivity contribution is 0.104. The van der Waals surface area contributed by atoms with Gasteiger partial charge in [0.2, 0.25) is 5.88 Å². The first-order valence-electron chi connectivity index (χ1n) is 8.05. The molecule has 0 bridgehead atoms. The van der Waals surface area contributed by atoms with Gasteiger partial charge in [0.1, 0.15) is 11.9 Å². The Labute approximate surface area is 132 Å². The van der Waals surface area contributed by atoms with Crippen molar-refractivity contribution in [2.24, 2.45) is 5.92 Å². The van der Waals surface area contributed by atoms with E-state index in [0.717, 1.165) is 44.8 Å². The van der Waals surface area contributed by atoms with Gasteiger partial charge in [-0.15, -0.1) is 0 Å². The molecular weight excluding hydrogens is 282 g/mol. The minimum absolute atomic E-state index is 0.0119. The molecule has 0 amide bonds. The predicted octanol–water partition coefficient (Wildman–Crippen LogP) is 2.81. The number of anilines is 1. The zero-order valence-electron chi connectivity index (χ0n) is 13.8. The van der Waals surface area contributed by atoms with Gasteiger partial charge in [0.05, 0.1) is 6.61 Å². The molecule has 0 saturated carbocycles. The maximum absolute atomic E-state index is 5.76. The molecule has 1 aliphatic heterocycles. The molecule has 0 aliphatic carbocycles. The van der Waals surface area contributed by atoms with Gasteiger partial charge in [-0.25, -0.2) is 4.98 Å². The van der Waals surface area contributed by atoms with Crippen molar-refractivity contribution in [3.63, 3.8) is 0 Å². The summed E-state index contributed by atoms with van der Waals surface area (Å²) in [6.45, 7) is 7.19. The molecule has 124 valence electrons. The van der Waals surface area contributed by atoms with E-state index < -0.39 is 0 Å². The van der Waals surface area contributed by atoms with Gasteiger partial charge in [-0.3, -0.25) is 0 Å². The first-order chi connectivity index (χ1) is 10.7. The van der Waals surface area contributed by atoms with Crippen LogP contribution < -0.4 is 10.1 Å². The number of hydrogen-bond acceptors (Lipinski definition) is 6. The van der Waals surface area contributed by atoms with Crippen molar-refractivity contribution < 1.29 is 14.2 Å². The summed E-state index contributed by atoms with van der Waals surface area (Å²) in [5, 5.41) is 3.30. The number of methoxy groups -OCH3 is 1. The second-order valence-corrected chi connectivity index (χ2v) is 5.93. The van der Waals surface area contributed by atoms with Gasteiger partial charge >= 0.3 is 0 Å². The number of aromatic nitrogens is 2. The molecule has 0 spiro atoms. The van der Waals surface area contributed by atoms with Crippen LogP contribution in [0.15, 0.2) is 6.07 Å². The summed E-state index contributed by atoms with van der Waals surface area (Å²) >= 11 is 0. The van der Waals surface area contributed by atoms with Crippen molar-refractivity contribution in [3.8, 4) is 5.88 Å². The van der Waals surface area contributed by atoms with Crippen LogP contribution in [0.3, 0.4) is 0 Å². The predicted molar refractivity (Wildman–Crippen MR) is 85.3 cm³/mol. The van der Waals surface area contributed by atoms with Gasteiger partial charge in [0.25, 0.3) is 0 Å². The fourth-order valence-electron chi connectivity index (χ4n) is 2.22. The van der Waals surface area contributed by atoms with Gasteiger partial charge in [0, 0.05) is 32.9 Å². The van der Waals surface area contributed by atoms with E-state index in [1.807, 2.05) is 6.07 Å². The van der Waals surface area contributed by atoms with Crippen LogP contribution in [0.4, 0.5) is 5.82 Å². The molecular formula is C16H27N3O3. The van der Waals surface area contributed by atoms with Gasteiger partial charge in [-0.1, -0.05) is 13.8 Å². The van der Waals surface area contributed by atoms with E-state index in [1.54, 1.807) is 7.11 Å². The van der Waals surface area contributed by atoms with E-state index in [0.29, 0.717) is 24.2 Å². The van der Waals surface area contributed by atoms with Crippen molar-refractivity contribution in [1.29, 1.82) is 0 Å². The van der Waals surface area contributed by atoms with E-state index >= 15 is 0 Å². The Balaban J connectivity index is 2.05. The Bertz CT molecular complexity index is 448. The number of nitrogens with one attached hydrogen (secondary N) is 1. The lowest BCUT2D eigenvalue weighted by Gasteiger charge is -2.14. The first-order valence-corrected chi connectivity index (χ1v) is 8.05. The fourth-order valence-corrected chi connectivity index (χ4v) is 2.22. The molecule has 1 aromatic heterocycles. The molecule has 1 aliphatic rings. The van der Waals surface area contributed by atoms with Crippen molar-refractivity contribution in [3.05, 3.63) is 11.9 Å². The van der Waals surface area contributed by atoms with Crippen LogP contribution in [-0.4, -0.2) is 43.4 Å². The molecule has 0 aromatic carbocycles. The normalized spacial score (nSPS) is 17.9. The first kappa shape index (κ1) is 17.0.